The first-order valence-electron chi connectivity index (χ1n) is 8.76. The second kappa shape index (κ2) is 8.75. The van der Waals surface area contributed by atoms with Crippen molar-refractivity contribution in [1.82, 2.24) is 0 Å². The number of ether oxygens (including phenoxy) is 2. The highest BCUT2D eigenvalue weighted by Crippen LogP contribution is 2.41. The molecule has 5 nitrogen and oxygen atoms in total. The number of epoxide rings is 1. The highest BCUT2D eigenvalue weighted by atomic mass is 28.4. The quantitative estimate of drug-likeness (QED) is 0.330. The first-order valence-corrected chi connectivity index (χ1v) is 10.7. The minimum absolute atomic E-state index is 0.292. The number of methoxy groups -OCH3 is 1. The maximum absolute atomic E-state index is 6.03. The van der Waals surface area contributed by atoms with Gasteiger partial charge >= 0.3 is 8.80 Å². The third kappa shape index (κ3) is 5.28. The first-order chi connectivity index (χ1) is 10.6. The topological polar surface area (TPSA) is 49.5 Å². The summed E-state index contributed by atoms with van der Waals surface area (Å²) in [5.74, 6) is 0.790. The van der Waals surface area contributed by atoms with Gasteiger partial charge in [-0.3, -0.25) is 0 Å². The van der Waals surface area contributed by atoms with Crippen molar-refractivity contribution in [1.29, 1.82) is 0 Å². The van der Waals surface area contributed by atoms with Gasteiger partial charge in [0.05, 0.1) is 12.2 Å². The van der Waals surface area contributed by atoms with E-state index in [9.17, 15) is 0 Å². The van der Waals surface area contributed by atoms with Gasteiger partial charge in [0.25, 0.3) is 0 Å². The van der Waals surface area contributed by atoms with Crippen LogP contribution in [0.2, 0.25) is 6.04 Å². The van der Waals surface area contributed by atoms with Gasteiger partial charge in [-0.25, -0.2) is 0 Å². The van der Waals surface area contributed by atoms with Crippen LogP contribution in [0.1, 0.15) is 52.9 Å². The average molecular weight is 333 g/mol. The molecule has 0 spiro atoms. The Morgan fingerprint density at radius 1 is 1.14 bits per heavy atom. The molecule has 0 bridgehead atoms. The molecule has 1 heterocycles. The summed E-state index contributed by atoms with van der Waals surface area (Å²) in [7, 11) is -0.978. The van der Waals surface area contributed by atoms with Crippen LogP contribution in [0, 0.1) is 5.92 Å². The molecule has 4 unspecified atom stereocenters. The molecule has 130 valence electrons. The molecule has 0 amide bonds. The molecule has 1 aliphatic carbocycles. The van der Waals surface area contributed by atoms with E-state index in [0.29, 0.717) is 25.4 Å². The van der Waals surface area contributed by atoms with E-state index >= 15 is 0 Å². The van der Waals surface area contributed by atoms with Gasteiger partial charge in [0.15, 0.2) is 0 Å². The fourth-order valence-electron chi connectivity index (χ4n) is 3.41. The van der Waals surface area contributed by atoms with Crippen LogP contribution in [0.4, 0.5) is 0 Å². The second-order valence-corrected chi connectivity index (χ2v) is 8.93. The predicted molar refractivity (Wildman–Crippen MR) is 86.6 cm³/mol. The number of hydrogen-bond acceptors (Lipinski definition) is 5. The van der Waals surface area contributed by atoms with Gasteiger partial charge in [0.2, 0.25) is 0 Å². The van der Waals surface area contributed by atoms with E-state index < -0.39 is 8.80 Å². The SMILES string of the molecule is CCO[Si](CCCC1CCC2OC2C1)(OCC)OC(C)OC. The van der Waals surface area contributed by atoms with Gasteiger partial charge in [0.1, 0.15) is 6.29 Å². The lowest BCUT2D eigenvalue weighted by Crippen LogP contribution is -2.48. The molecular weight excluding hydrogens is 300 g/mol. The molecule has 22 heavy (non-hydrogen) atoms. The van der Waals surface area contributed by atoms with Gasteiger partial charge in [0, 0.05) is 26.4 Å². The molecule has 2 aliphatic rings. The van der Waals surface area contributed by atoms with E-state index in [-0.39, 0.29) is 6.29 Å². The third-order valence-corrected chi connectivity index (χ3v) is 7.73. The van der Waals surface area contributed by atoms with Crippen molar-refractivity contribution in [2.45, 2.75) is 77.4 Å². The normalized spacial score (nSPS) is 29.2. The van der Waals surface area contributed by atoms with Crippen LogP contribution < -0.4 is 0 Å². The summed E-state index contributed by atoms with van der Waals surface area (Å²) in [6, 6.07) is 0.869. The van der Waals surface area contributed by atoms with E-state index in [1.165, 1.54) is 25.7 Å². The van der Waals surface area contributed by atoms with Crippen molar-refractivity contribution >= 4 is 8.80 Å². The van der Waals surface area contributed by atoms with Crippen LogP contribution >= 0.6 is 0 Å². The minimum atomic E-state index is -2.63. The van der Waals surface area contributed by atoms with E-state index in [1.54, 1.807) is 7.11 Å². The summed E-state index contributed by atoms with van der Waals surface area (Å²) >= 11 is 0. The van der Waals surface area contributed by atoms with E-state index in [4.69, 9.17) is 22.8 Å². The summed E-state index contributed by atoms with van der Waals surface area (Å²) in [6.07, 6.45) is 6.93. The van der Waals surface area contributed by atoms with E-state index in [2.05, 4.69) is 0 Å². The van der Waals surface area contributed by atoms with Crippen molar-refractivity contribution in [2.75, 3.05) is 20.3 Å². The summed E-state index contributed by atoms with van der Waals surface area (Å²) in [5.41, 5.74) is 0. The van der Waals surface area contributed by atoms with Crippen LogP contribution in [-0.2, 0) is 22.8 Å². The van der Waals surface area contributed by atoms with Crippen molar-refractivity contribution in [2.24, 2.45) is 5.92 Å². The molecule has 1 saturated heterocycles. The summed E-state index contributed by atoms with van der Waals surface area (Å²) < 4.78 is 28.8. The van der Waals surface area contributed by atoms with Gasteiger partial charge in [-0.2, -0.15) is 0 Å². The molecule has 2 fully saturated rings. The summed E-state index contributed by atoms with van der Waals surface area (Å²) in [6.45, 7) is 7.11. The third-order valence-electron chi connectivity index (χ3n) is 4.61. The monoisotopic (exact) mass is 332 g/mol. The molecule has 2 rings (SSSR count). The van der Waals surface area contributed by atoms with Crippen molar-refractivity contribution in [3.8, 4) is 0 Å². The van der Waals surface area contributed by atoms with Crippen LogP contribution in [0.5, 0.6) is 0 Å². The number of rotatable bonds is 11. The van der Waals surface area contributed by atoms with Crippen molar-refractivity contribution < 1.29 is 22.8 Å². The van der Waals surface area contributed by atoms with Crippen molar-refractivity contribution in [3.63, 3.8) is 0 Å². The van der Waals surface area contributed by atoms with Crippen LogP contribution in [-0.4, -0.2) is 47.6 Å². The summed E-state index contributed by atoms with van der Waals surface area (Å²) in [5, 5.41) is 0. The fraction of sp³-hybridized carbons (Fsp3) is 1.00. The zero-order chi connectivity index (χ0) is 16.0. The lowest BCUT2D eigenvalue weighted by molar-refractivity contribution is -0.0887. The average Bonchev–Trinajstić information content (AvgIpc) is 3.26. The molecule has 0 aromatic carbocycles. The van der Waals surface area contributed by atoms with Gasteiger partial charge in [-0.15, -0.1) is 0 Å². The Bertz CT molecular complexity index is 322. The molecule has 0 aromatic heterocycles. The van der Waals surface area contributed by atoms with E-state index in [0.717, 1.165) is 18.4 Å². The molecule has 1 saturated carbocycles. The minimum Gasteiger partial charge on any atom is -0.374 e. The lowest BCUT2D eigenvalue weighted by Gasteiger charge is -2.31. The maximum atomic E-state index is 6.03. The second-order valence-electron chi connectivity index (χ2n) is 6.25. The number of fused-ring (bicyclic) bond motifs is 1. The van der Waals surface area contributed by atoms with Crippen molar-refractivity contribution in [3.05, 3.63) is 0 Å². The standard InChI is InChI=1S/C16H32O5Si/c1-5-18-22(19-6-2,21-13(3)17-4)11-7-8-14-9-10-15-16(12-14)20-15/h13-16H,5-12H2,1-4H3. The van der Waals surface area contributed by atoms with E-state index in [1.807, 2.05) is 20.8 Å². The highest BCUT2D eigenvalue weighted by molar-refractivity contribution is 6.60. The maximum Gasteiger partial charge on any atom is 0.502 e. The first kappa shape index (κ1) is 18.4. The fourth-order valence-corrected chi connectivity index (χ4v) is 6.15. The Balaban J connectivity index is 1.80. The van der Waals surface area contributed by atoms with Crippen LogP contribution in [0.15, 0.2) is 0 Å². The Kier molecular flexibility index (Phi) is 7.30. The molecule has 0 N–H and O–H groups in total. The molecule has 0 aromatic rings. The highest BCUT2D eigenvalue weighted by Gasteiger charge is 2.45. The largest absolute Gasteiger partial charge is 0.502 e. The molecule has 6 heteroatoms. The molecule has 1 aliphatic heterocycles. The number of hydrogen-bond donors (Lipinski definition) is 0. The van der Waals surface area contributed by atoms with Crippen LogP contribution in [0.25, 0.3) is 0 Å². The zero-order valence-electron chi connectivity index (χ0n) is 14.5. The predicted octanol–water partition coefficient (Wildman–Crippen LogP) is 3.36. The lowest BCUT2D eigenvalue weighted by atomic mass is 9.86. The molecule has 4 atom stereocenters. The Labute approximate surface area is 136 Å². The zero-order valence-corrected chi connectivity index (χ0v) is 15.5. The Morgan fingerprint density at radius 3 is 2.45 bits per heavy atom. The van der Waals surface area contributed by atoms with Gasteiger partial charge < -0.3 is 22.8 Å². The summed E-state index contributed by atoms with van der Waals surface area (Å²) in [4.78, 5) is 0. The molecule has 0 radical (unpaired) electrons. The molecular formula is C16H32O5Si. The smallest absolute Gasteiger partial charge is 0.374 e. The van der Waals surface area contributed by atoms with Gasteiger partial charge in [-0.05, 0) is 52.4 Å². The Hall–Kier alpha value is 0.0169. The van der Waals surface area contributed by atoms with Crippen LogP contribution in [0.3, 0.4) is 0 Å². The Morgan fingerprint density at radius 2 is 1.86 bits per heavy atom. The van der Waals surface area contributed by atoms with Gasteiger partial charge in [-0.1, -0.05) is 6.42 Å².